The Balaban J connectivity index is 1.63. The zero-order valence-electron chi connectivity index (χ0n) is 19.6. The van der Waals surface area contributed by atoms with E-state index in [1.54, 1.807) is 21.3 Å². The fraction of sp³-hybridized carbons (Fsp3) is 0.286. The molecule has 2 aliphatic rings. The van der Waals surface area contributed by atoms with Gasteiger partial charge in [0.15, 0.2) is 11.5 Å². The molecule has 1 saturated carbocycles. The van der Waals surface area contributed by atoms with E-state index in [0.29, 0.717) is 23.7 Å². The van der Waals surface area contributed by atoms with Crippen molar-refractivity contribution in [2.45, 2.75) is 24.8 Å². The van der Waals surface area contributed by atoms with Crippen LogP contribution in [0.25, 0.3) is 0 Å². The standard InChI is InChI=1S/C28H28N2O4/c1-32-24-15-19(16-25(33-2)28(24)34-3)27-26-22(29-20-11-7-8-12-21(20)30-27)13-18(14-23(26)31)17-9-5-4-6-10-17/h4-12,15-16,18,26-27,30H,13-14H2,1-3H3. The minimum Gasteiger partial charge on any atom is -0.493 e. The van der Waals surface area contributed by atoms with Crippen molar-refractivity contribution in [1.29, 1.82) is 0 Å². The number of ketones is 1. The molecule has 5 rings (SSSR count). The van der Waals surface area contributed by atoms with Crippen molar-refractivity contribution < 1.29 is 19.0 Å². The van der Waals surface area contributed by atoms with Crippen LogP contribution in [0.5, 0.6) is 17.2 Å². The lowest BCUT2D eigenvalue weighted by atomic mass is 9.72. The average Bonchev–Trinajstić information content (AvgIpc) is 3.05. The number of fused-ring (bicyclic) bond motifs is 2. The first-order valence-electron chi connectivity index (χ1n) is 11.4. The number of nitrogens with one attached hydrogen (secondary N) is 1. The van der Waals surface area contributed by atoms with Crippen LogP contribution in [0.4, 0.5) is 11.4 Å². The summed E-state index contributed by atoms with van der Waals surface area (Å²) in [5, 5.41) is 3.61. The maximum Gasteiger partial charge on any atom is 0.203 e. The molecule has 0 radical (unpaired) electrons. The van der Waals surface area contributed by atoms with Crippen LogP contribution in [0.1, 0.15) is 35.9 Å². The van der Waals surface area contributed by atoms with Crippen LogP contribution in [-0.4, -0.2) is 32.8 Å². The number of hydrogen-bond donors (Lipinski definition) is 1. The van der Waals surface area contributed by atoms with Gasteiger partial charge in [0, 0.05) is 12.1 Å². The highest BCUT2D eigenvalue weighted by atomic mass is 16.5. The summed E-state index contributed by atoms with van der Waals surface area (Å²) in [5.74, 6) is 1.54. The molecular formula is C28H28N2O4. The van der Waals surface area contributed by atoms with Crippen molar-refractivity contribution in [2.24, 2.45) is 10.9 Å². The van der Waals surface area contributed by atoms with Gasteiger partial charge in [-0.3, -0.25) is 9.79 Å². The third-order valence-electron chi connectivity index (χ3n) is 6.74. The Hall–Kier alpha value is -3.80. The minimum atomic E-state index is -0.393. The van der Waals surface area contributed by atoms with Gasteiger partial charge in [-0.2, -0.15) is 0 Å². The van der Waals surface area contributed by atoms with Gasteiger partial charge in [-0.05, 0) is 47.7 Å². The molecule has 1 aliphatic carbocycles. The van der Waals surface area contributed by atoms with Crippen LogP contribution in [0, 0.1) is 5.92 Å². The molecule has 3 aromatic rings. The summed E-state index contributed by atoms with van der Waals surface area (Å²) in [4.78, 5) is 18.8. The molecule has 0 aromatic heterocycles. The predicted molar refractivity (Wildman–Crippen MR) is 133 cm³/mol. The third-order valence-corrected chi connectivity index (χ3v) is 6.74. The third kappa shape index (κ3) is 3.89. The summed E-state index contributed by atoms with van der Waals surface area (Å²) in [6.45, 7) is 0. The summed E-state index contributed by atoms with van der Waals surface area (Å²) in [6.07, 6.45) is 1.21. The molecule has 1 N–H and O–H groups in total. The number of nitrogens with zero attached hydrogens (tertiary/aromatic N) is 1. The van der Waals surface area contributed by atoms with Crippen molar-refractivity contribution >= 4 is 22.9 Å². The molecule has 1 aliphatic heterocycles. The topological polar surface area (TPSA) is 69.2 Å². The second kappa shape index (κ2) is 9.21. The summed E-state index contributed by atoms with van der Waals surface area (Å²) in [6, 6.07) is 21.7. The van der Waals surface area contributed by atoms with Crippen molar-refractivity contribution in [2.75, 3.05) is 26.6 Å². The van der Waals surface area contributed by atoms with Gasteiger partial charge in [-0.15, -0.1) is 0 Å². The first-order valence-corrected chi connectivity index (χ1v) is 11.4. The number of para-hydroxylation sites is 2. The molecule has 6 heteroatoms. The second-order valence-electron chi connectivity index (χ2n) is 8.66. The normalized spacial score (nSPS) is 21.3. The lowest BCUT2D eigenvalue weighted by molar-refractivity contribution is -0.122. The van der Waals surface area contributed by atoms with E-state index in [1.807, 2.05) is 54.6 Å². The Labute approximate surface area is 199 Å². The summed E-state index contributed by atoms with van der Waals surface area (Å²) in [5.41, 5.74) is 4.70. The maximum absolute atomic E-state index is 13.7. The monoisotopic (exact) mass is 456 g/mol. The number of rotatable bonds is 5. The van der Waals surface area contributed by atoms with Crippen LogP contribution in [0.3, 0.4) is 0 Å². The number of ether oxygens (including phenoxy) is 3. The lowest BCUT2D eigenvalue weighted by Crippen LogP contribution is -2.38. The van der Waals surface area contributed by atoms with E-state index in [2.05, 4.69) is 17.4 Å². The highest BCUT2D eigenvalue weighted by Crippen LogP contribution is 2.47. The average molecular weight is 457 g/mol. The van der Waals surface area contributed by atoms with Crippen LogP contribution in [-0.2, 0) is 4.79 Å². The molecule has 0 amide bonds. The number of benzene rings is 3. The molecule has 0 bridgehead atoms. The maximum atomic E-state index is 13.7. The fourth-order valence-electron chi connectivity index (χ4n) is 5.12. The molecule has 34 heavy (non-hydrogen) atoms. The molecule has 1 fully saturated rings. The van der Waals surface area contributed by atoms with Crippen LogP contribution in [0.15, 0.2) is 71.7 Å². The largest absolute Gasteiger partial charge is 0.493 e. The van der Waals surface area contributed by atoms with E-state index in [1.165, 1.54) is 5.56 Å². The van der Waals surface area contributed by atoms with E-state index >= 15 is 0 Å². The number of hydrogen-bond acceptors (Lipinski definition) is 6. The van der Waals surface area contributed by atoms with Crippen LogP contribution >= 0.6 is 0 Å². The van der Waals surface area contributed by atoms with Crippen molar-refractivity contribution in [3.05, 3.63) is 77.9 Å². The molecule has 174 valence electrons. The van der Waals surface area contributed by atoms with Crippen molar-refractivity contribution in [1.82, 2.24) is 0 Å². The highest BCUT2D eigenvalue weighted by molar-refractivity contribution is 6.10. The predicted octanol–water partition coefficient (Wildman–Crippen LogP) is 5.71. The minimum absolute atomic E-state index is 0.120. The second-order valence-corrected chi connectivity index (χ2v) is 8.66. The molecule has 6 nitrogen and oxygen atoms in total. The molecule has 0 saturated heterocycles. The van der Waals surface area contributed by atoms with Gasteiger partial charge >= 0.3 is 0 Å². The van der Waals surface area contributed by atoms with Gasteiger partial charge in [-0.25, -0.2) is 0 Å². The van der Waals surface area contributed by atoms with Gasteiger partial charge in [-0.1, -0.05) is 42.5 Å². The van der Waals surface area contributed by atoms with E-state index in [-0.39, 0.29) is 17.7 Å². The highest BCUT2D eigenvalue weighted by Gasteiger charge is 2.42. The first kappa shape index (κ1) is 22.0. The number of carbonyl (C=O) groups is 1. The van der Waals surface area contributed by atoms with Crippen LogP contribution < -0.4 is 19.5 Å². The van der Waals surface area contributed by atoms with E-state index in [4.69, 9.17) is 19.2 Å². The molecule has 3 aromatic carbocycles. The van der Waals surface area contributed by atoms with Gasteiger partial charge in [0.2, 0.25) is 5.75 Å². The first-order chi connectivity index (χ1) is 16.6. The van der Waals surface area contributed by atoms with E-state index in [0.717, 1.165) is 29.1 Å². The zero-order valence-corrected chi connectivity index (χ0v) is 19.6. The summed E-state index contributed by atoms with van der Waals surface area (Å²) >= 11 is 0. The number of aliphatic imine (C=N–C) groups is 1. The number of anilines is 1. The molecule has 3 atom stereocenters. The molecule has 3 unspecified atom stereocenters. The Morgan fingerprint density at radius 3 is 2.18 bits per heavy atom. The lowest BCUT2D eigenvalue weighted by Gasteiger charge is -2.34. The molecule has 1 heterocycles. The van der Waals surface area contributed by atoms with Crippen molar-refractivity contribution in [3.8, 4) is 17.2 Å². The quantitative estimate of drug-likeness (QED) is 0.532. The Morgan fingerprint density at radius 2 is 1.50 bits per heavy atom. The van der Waals surface area contributed by atoms with Crippen LogP contribution in [0.2, 0.25) is 0 Å². The fourth-order valence-corrected chi connectivity index (χ4v) is 5.12. The molecular weight excluding hydrogens is 428 g/mol. The zero-order chi connectivity index (χ0) is 23.7. The Bertz CT molecular complexity index is 1210. The van der Waals surface area contributed by atoms with Gasteiger partial charge in [0.25, 0.3) is 0 Å². The van der Waals surface area contributed by atoms with E-state index < -0.39 is 5.92 Å². The van der Waals surface area contributed by atoms with E-state index in [9.17, 15) is 4.79 Å². The Kier molecular flexibility index (Phi) is 5.97. The smallest absolute Gasteiger partial charge is 0.203 e. The van der Waals surface area contributed by atoms with Gasteiger partial charge < -0.3 is 19.5 Å². The summed E-state index contributed by atoms with van der Waals surface area (Å²) < 4.78 is 16.7. The number of carbonyl (C=O) groups excluding carboxylic acids is 1. The number of methoxy groups -OCH3 is 3. The van der Waals surface area contributed by atoms with Gasteiger partial charge in [0.05, 0.1) is 44.7 Å². The SMILES string of the molecule is COc1cc(C2Nc3ccccc3N=C3CC(c4ccccc4)CC(=O)C32)cc(OC)c1OC. The van der Waals surface area contributed by atoms with Crippen molar-refractivity contribution in [3.63, 3.8) is 0 Å². The number of Topliss-reactive ketones (excluding diaryl/α,β-unsaturated/α-hetero) is 1. The van der Waals surface area contributed by atoms with Gasteiger partial charge in [0.1, 0.15) is 5.78 Å². The summed E-state index contributed by atoms with van der Waals surface area (Å²) in [7, 11) is 4.78. The molecule has 0 spiro atoms. The Morgan fingerprint density at radius 1 is 0.824 bits per heavy atom.